The second-order valence-corrected chi connectivity index (χ2v) is 10.8. The topological polar surface area (TPSA) is 24.1 Å². The molecule has 2 saturated heterocycles. The molecule has 5 saturated carbocycles. The van der Waals surface area contributed by atoms with Gasteiger partial charge in [-0.25, -0.2) is 0 Å². The van der Waals surface area contributed by atoms with Gasteiger partial charge in [-0.3, -0.25) is 0 Å². The number of rotatable bonds is 0. The summed E-state index contributed by atoms with van der Waals surface area (Å²) in [6, 6.07) is 1.81. The zero-order chi connectivity index (χ0) is 15.4. The summed E-state index contributed by atoms with van der Waals surface area (Å²) in [6.07, 6.45) is 12.4. The fraction of sp³-hybridized carbons (Fsp3) is 1.00. The van der Waals surface area contributed by atoms with Gasteiger partial charge in [-0.15, -0.1) is 0 Å². The van der Waals surface area contributed by atoms with Crippen molar-refractivity contribution in [2.24, 2.45) is 59.2 Å². The van der Waals surface area contributed by atoms with E-state index in [2.05, 4.69) is 10.6 Å². The van der Waals surface area contributed by atoms with Gasteiger partial charge in [-0.2, -0.15) is 0 Å². The number of hydrogen-bond acceptors (Lipinski definition) is 2. The zero-order valence-corrected chi connectivity index (χ0v) is 15.0. The largest absolute Gasteiger partial charge is 0.313 e. The predicted octanol–water partition coefficient (Wildman–Crippen LogP) is 3.28. The first-order valence-electron chi connectivity index (χ1n) is 11.4. The molecule has 2 aliphatic heterocycles. The molecule has 2 heteroatoms. The molecule has 5 aliphatic carbocycles. The van der Waals surface area contributed by atoms with Crippen LogP contribution in [-0.2, 0) is 0 Å². The van der Waals surface area contributed by atoms with Crippen molar-refractivity contribution in [3.63, 3.8) is 0 Å². The van der Waals surface area contributed by atoms with Gasteiger partial charge in [0.25, 0.3) is 0 Å². The Balaban J connectivity index is 1.41. The highest BCUT2D eigenvalue weighted by Crippen LogP contribution is 2.68. The molecule has 24 heavy (non-hydrogen) atoms. The minimum absolute atomic E-state index is 0.904. The van der Waals surface area contributed by atoms with Gasteiger partial charge in [0.2, 0.25) is 0 Å². The summed E-state index contributed by atoms with van der Waals surface area (Å²) in [5.41, 5.74) is 0. The Hall–Kier alpha value is -0.0800. The summed E-state index contributed by atoms with van der Waals surface area (Å²) in [4.78, 5) is 0. The van der Waals surface area contributed by atoms with Gasteiger partial charge in [0.05, 0.1) is 0 Å². The summed E-state index contributed by atoms with van der Waals surface area (Å²) in [5.74, 6) is 10.9. The Kier molecular flexibility index (Phi) is 2.80. The van der Waals surface area contributed by atoms with Gasteiger partial charge >= 0.3 is 0 Å². The standard InChI is InChI=1S/C22H34N2/c1-2-12-6-8-16-22-18(12)17-11(1)5-7-15-21(17)19-13(9-23-15)3-4-14(10-24-16)20(19)22/h11-24H,1-10H2. The molecule has 12 unspecified atom stereocenters. The van der Waals surface area contributed by atoms with Crippen LogP contribution in [0.15, 0.2) is 0 Å². The van der Waals surface area contributed by atoms with Crippen LogP contribution in [0.4, 0.5) is 0 Å². The number of hydrogen-bond donors (Lipinski definition) is 2. The van der Waals surface area contributed by atoms with Crippen LogP contribution < -0.4 is 10.6 Å². The maximum atomic E-state index is 4.09. The van der Waals surface area contributed by atoms with Gasteiger partial charge in [0.1, 0.15) is 0 Å². The van der Waals surface area contributed by atoms with E-state index in [4.69, 9.17) is 0 Å². The maximum absolute atomic E-state index is 4.09. The second-order valence-electron chi connectivity index (χ2n) is 10.8. The van der Waals surface area contributed by atoms with Gasteiger partial charge in [-0.05, 0) is 124 Å². The van der Waals surface area contributed by atoms with Crippen LogP contribution in [0.3, 0.4) is 0 Å². The molecule has 132 valence electrons. The molecular formula is C22H34N2. The molecule has 12 atom stereocenters. The average molecular weight is 327 g/mol. The summed E-state index contributed by atoms with van der Waals surface area (Å²) >= 11 is 0. The van der Waals surface area contributed by atoms with Crippen LogP contribution in [0.25, 0.3) is 0 Å². The Morgan fingerprint density at radius 2 is 0.750 bits per heavy atom. The van der Waals surface area contributed by atoms with E-state index in [-0.39, 0.29) is 0 Å². The van der Waals surface area contributed by atoms with Crippen molar-refractivity contribution in [3.8, 4) is 0 Å². The minimum Gasteiger partial charge on any atom is -0.313 e. The van der Waals surface area contributed by atoms with Crippen LogP contribution in [0.1, 0.15) is 51.4 Å². The van der Waals surface area contributed by atoms with E-state index in [0.29, 0.717) is 0 Å². The summed E-state index contributed by atoms with van der Waals surface area (Å²) < 4.78 is 0. The van der Waals surface area contributed by atoms with Crippen molar-refractivity contribution >= 4 is 0 Å². The lowest BCUT2D eigenvalue weighted by Gasteiger charge is -2.71. The normalized spacial score (nSPS) is 66.0. The third-order valence-corrected chi connectivity index (χ3v) is 10.6. The Labute approximate surface area is 146 Å². The monoisotopic (exact) mass is 326 g/mol. The highest BCUT2D eigenvalue weighted by molar-refractivity contribution is 5.17. The van der Waals surface area contributed by atoms with E-state index >= 15 is 0 Å². The molecule has 2 N–H and O–H groups in total. The van der Waals surface area contributed by atoms with E-state index in [1.165, 1.54) is 38.8 Å². The lowest BCUT2D eigenvalue weighted by Crippen LogP contribution is -2.72. The average Bonchev–Trinajstić information content (AvgIpc) is 2.65. The highest BCUT2D eigenvalue weighted by atomic mass is 15.0. The Bertz CT molecular complexity index is 386. The molecule has 0 bridgehead atoms. The van der Waals surface area contributed by atoms with Gasteiger partial charge in [-0.1, -0.05) is 0 Å². The lowest BCUT2D eigenvalue weighted by molar-refractivity contribution is -0.209. The van der Waals surface area contributed by atoms with Crippen molar-refractivity contribution in [1.29, 1.82) is 0 Å². The molecule has 0 amide bonds. The molecule has 0 radical (unpaired) electrons. The predicted molar refractivity (Wildman–Crippen MR) is 95.4 cm³/mol. The van der Waals surface area contributed by atoms with Crippen LogP contribution >= 0.6 is 0 Å². The lowest BCUT2D eigenvalue weighted by atomic mass is 9.37. The van der Waals surface area contributed by atoms with Crippen molar-refractivity contribution < 1.29 is 0 Å². The molecule has 0 spiro atoms. The molecule has 7 fully saturated rings. The number of nitrogens with one attached hydrogen (secondary N) is 2. The second kappa shape index (κ2) is 4.80. The molecule has 7 rings (SSSR count). The van der Waals surface area contributed by atoms with E-state index in [1.54, 1.807) is 25.7 Å². The Morgan fingerprint density at radius 3 is 1.25 bits per heavy atom. The molecule has 2 heterocycles. The molecule has 0 aromatic carbocycles. The van der Waals surface area contributed by atoms with Crippen molar-refractivity contribution in [1.82, 2.24) is 10.6 Å². The summed E-state index contributed by atoms with van der Waals surface area (Å²) in [5, 5.41) is 8.18. The molecular weight excluding hydrogens is 292 g/mol. The Morgan fingerprint density at radius 1 is 0.375 bits per heavy atom. The third-order valence-electron chi connectivity index (χ3n) is 10.6. The van der Waals surface area contributed by atoms with Gasteiger partial charge in [0.15, 0.2) is 0 Å². The van der Waals surface area contributed by atoms with Gasteiger partial charge < -0.3 is 10.6 Å². The smallest absolute Gasteiger partial charge is 0.0101 e. The molecule has 0 aromatic heterocycles. The van der Waals surface area contributed by atoms with Gasteiger partial charge in [0, 0.05) is 12.1 Å². The first kappa shape index (κ1) is 14.0. The first-order chi connectivity index (χ1) is 11.9. The zero-order valence-electron chi connectivity index (χ0n) is 15.0. The minimum atomic E-state index is 0.904. The van der Waals surface area contributed by atoms with Crippen molar-refractivity contribution in [2.45, 2.75) is 63.5 Å². The fourth-order valence-electron chi connectivity index (χ4n) is 10.2. The third kappa shape index (κ3) is 1.58. The summed E-state index contributed by atoms with van der Waals surface area (Å²) in [7, 11) is 0. The van der Waals surface area contributed by atoms with E-state index in [1.807, 2.05) is 0 Å². The van der Waals surface area contributed by atoms with Crippen LogP contribution in [0.5, 0.6) is 0 Å². The maximum Gasteiger partial charge on any atom is 0.0101 e. The highest BCUT2D eigenvalue weighted by Gasteiger charge is 2.66. The first-order valence-corrected chi connectivity index (χ1v) is 11.4. The van der Waals surface area contributed by atoms with Crippen LogP contribution in [-0.4, -0.2) is 25.2 Å². The SMILES string of the molecule is C1CC2CCC3NCC4CCC5CNC6CCC1C1C2C3C4C5C61. The number of piperidine rings is 2. The van der Waals surface area contributed by atoms with Crippen LogP contribution in [0.2, 0.25) is 0 Å². The van der Waals surface area contributed by atoms with E-state index < -0.39 is 0 Å². The quantitative estimate of drug-likeness (QED) is 0.714. The van der Waals surface area contributed by atoms with Crippen molar-refractivity contribution in [2.75, 3.05) is 13.1 Å². The summed E-state index contributed by atoms with van der Waals surface area (Å²) in [6.45, 7) is 2.73. The molecule has 7 aliphatic rings. The van der Waals surface area contributed by atoms with E-state index in [0.717, 1.165) is 71.3 Å². The van der Waals surface area contributed by atoms with Crippen LogP contribution in [0, 0.1) is 59.2 Å². The fourth-order valence-corrected chi connectivity index (χ4v) is 10.2. The molecule has 2 nitrogen and oxygen atoms in total. The molecule has 0 aromatic rings. The van der Waals surface area contributed by atoms with Crippen molar-refractivity contribution in [3.05, 3.63) is 0 Å². The van der Waals surface area contributed by atoms with E-state index in [9.17, 15) is 0 Å².